The van der Waals surface area contributed by atoms with Crippen molar-refractivity contribution >= 4 is 40.7 Å². The van der Waals surface area contributed by atoms with E-state index in [0.29, 0.717) is 43.1 Å². The summed E-state index contributed by atoms with van der Waals surface area (Å²) in [6.07, 6.45) is 1.61. The summed E-state index contributed by atoms with van der Waals surface area (Å²) < 4.78 is 14.2. The Morgan fingerprint density at radius 3 is 2.42 bits per heavy atom. The van der Waals surface area contributed by atoms with Crippen molar-refractivity contribution in [1.82, 2.24) is 14.9 Å². The predicted molar refractivity (Wildman–Crippen MR) is 153 cm³/mol. The molecule has 4 heterocycles. The third-order valence-corrected chi connectivity index (χ3v) is 8.21. The molecule has 2 aliphatic heterocycles. The van der Waals surface area contributed by atoms with Gasteiger partial charge < -0.3 is 19.8 Å². The topological polar surface area (TPSA) is 89.9 Å². The third-order valence-electron chi connectivity index (χ3n) is 7.91. The first-order valence-electron chi connectivity index (χ1n) is 13.3. The highest BCUT2D eigenvalue weighted by Gasteiger charge is 2.41. The average molecular weight is 566 g/mol. The number of carbonyl (C=O) groups is 2. The summed E-state index contributed by atoms with van der Waals surface area (Å²) in [5.74, 6) is -1.39. The van der Waals surface area contributed by atoms with E-state index in [2.05, 4.69) is 23.7 Å². The van der Waals surface area contributed by atoms with Crippen molar-refractivity contribution in [3.63, 3.8) is 0 Å². The Morgan fingerprint density at radius 1 is 1.05 bits per heavy atom. The molecule has 210 valence electrons. The van der Waals surface area contributed by atoms with Crippen LogP contribution in [0.2, 0.25) is 5.02 Å². The zero-order valence-electron chi connectivity index (χ0n) is 23.3. The number of nitrogens with zero attached hydrogens (tertiary/aromatic N) is 5. The fourth-order valence-electron chi connectivity index (χ4n) is 5.57. The number of benzene rings is 1. The molecule has 10 heteroatoms. The highest BCUT2D eigenvalue weighted by atomic mass is 35.5. The minimum absolute atomic E-state index is 0.0739. The molecule has 1 amide bonds. The Labute approximate surface area is 238 Å². The van der Waals surface area contributed by atoms with Crippen LogP contribution in [0, 0.1) is 5.82 Å². The maximum atomic E-state index is 14.2. The molecule has 1 saturated heterocycles. The van der Waals surface area contributed by atoms with Gasteiger partial charge >= 0.3 is 5.97 Å². The molecular weight excluding hydrogens is 533 g/mol. The quantitative estimate of drug-likeness (QED) is 0.429. The van der Waals surface area contributed by atoms with Crippen molar-refractivity contribution in [3.8, 4) is 0 Å². The van der Waals surface area contributed by atoms with Gasteiger partial charge in [-0.25, -0.2) is 14.4 Å². The molecule has 0 aliphatic carbocycles. The number of amides is 1. The van der Waals surface area contributed by atoms with Gasteiger partial charge in [-0.15, -0.1) is 0 Å². The van der Waals surface area contributed by atoms with Crippen LogP contribution >= 0.6 is 11.6 Å². The summed E-state index contributed by atoms with van der Waals surface area (Å²) in [5, 5.41) is 9.33. The van der Waals surface area contributed by atoms with Crippen molar-refractivity contribution in [3.05, 3.63) is 76.5 Å². The summed E-state index contributed by atoms with van der Waals surface area (Å²) in [5.41, 5.74) is 2.49. The minimum atomic E-state index is -0.891. The summed E-state index contributed by atoms with van der Waals surface area (Å²) in [6, 6.07) is 12.0. The monoisotopic (exact) mass is 565 g/mol. The largest absolute Gasteiger partial charge is 0.481 e. The Morgan fingerprint density at radius 2 is 1.80 bits per heavy atom. The van der Waals surface area contributed by atoms with Gasteiger partial charge in [0, 0.05) is 43.5 Å². The Balaban J connectivity index is 1.35. The van der Waals surface area contributed by atoms with Crippen LogP contribution in [0.4, 0.5) is 21.6 Å². The molecule has 2 aliphatic rings. The maximum absolute atomic E-state index is 14.2. The molecule has 0 radical (unpaired) electrons. The summed E-state index contributed by atoms with van der Waals surface area (Å²) >= 11 is 5.89. The van der Waals surface area contributed by atoms with Crippen LogP contribution in [0.15, 0.2) is 48.7 Å². The van der Waals surface area contributed by atoms with Gasteiger partial charge in [-0.2, -0.15) is 0 Å². The number of carboxylic acids is 1. The van der Waals surface area contributed by atoms with E-state index in [1.54, 1.807) is 37.4 Å². The summed E-state index contributed by atoms with van der Waals surface area (Å²) in [7, 11) is 0. The fraction of sp³-hybridized carbons (Fsp3) is 0.400. The first kappa shape index (κ1) is 27.8. The average Bonchev–Trinajstić information content (AvgIpc) is 3.19. The minimum Gasteiger partial charge on any atom is -0.481 e. The second kappa shape index (κ2) is 10.0. The zero-order chi connectivity index (χ0) is 29.0. The Hall–Kier alpha value is -3.72. The van der Waals surface area contributed by atoms with Crippen molar-refractivity contribution in [2.45, 2.75) is 51.5 Å². The second-order valence-electron chi connectivity index (χ2n) is 11.8. The SMILES string of the molecule is CC(C(=O)O)c1ccc(N2CCN(C(=O)c3ccc4c(n3)C(C)(C)CN4c3ccc(Cl)c(F)c3)C(C)(C)C2)nc1. The highest BCUT2D eigenvalue weighted by molar-refractivity contribution is 6.30. The molecule has 40 heavy (non-hydrogen) atoms. The number of aliphatic carboxylic acids is 1. The number of anilines is 3. The number of carboxylic acid groups (broad SMARTS) is 1. The van der Waals surface area contributed by atoms with Crippen LogP contribution in [-0.4, -0.2) is 63.6 Å². The van der Waals surface area contributed by atoms with Crippen LogP contribution in [0.1, 0.15) is 62.3 Å². The third kappa shape index (κ3) is 4.98. The first-order chi connectivity index (χ1) is 18.8. The second-order valence-corrected chi connectivity index (χ2v) is 12.2. The molecule has 1 aromatic carbocycles. The van der Waals surface area contributed by atoms with E-state index in [1.807, 2.05) is 35.8 Å². The van der Waals surface area contributed by atoms with Gasteiger partial charge in [0.15, 0.2) is 0 Å². The lowest BCUT2D eigenvalue weighted by atomic mass is 9.91. The number of pyridine rings is 2. The molecule has 2 aromatic heterocycles. The number of aromatic nitrogens is 2. The maximum Gasteiger partial charge on any atom is 0.310 e. The van der Waals surface area contributed by atoms with Crippen molar-refractivity contribution < 1.29 is 19.1 Å². The van der Waals surface area contributed by atoms with Gasteiger partial charge in [0.25, 0.3) is 5.91 Å². The molecule has 8 nitrogen and oxygen atoms in total. The molecule has 1 unspecified atom stereocenters. The first-order valence-corrected chi connectivity index (χ1v) is 13.7. The van der Waals surface area contributed by atoms with E-state index in [4.69, 9.17) is 16.6 Å². The molecule has 3 aromatic rings. The molecule has 0 spiro atoms. The van der Waals surface area contributed by atoms with Gasteiger partial charge in [0.2, 0.25) is 0 Å². The summed E-state index contributed by atoms with van der Waals surface area (Å²) in [6.45, 7) is 12.0. The molecule has 5 rings (SSSR count). The van der Waals surface area contributed by atoms with Crippen molar-refractivity contribution in [2.24, 2.45) is 0 Å². The lowest BCUT2D eigenvalue weighted by molar-refractivity contribution is -0.138. The molecule has 1 atom stereocenters. The van der Waals surface area contributed by atoms with Crippen molar-refractivity contribution in [1.29, 1.82) is 0 Å². The van der Waals surface area contributed by atoms with Crippen molar-refractivity contribution in [2.75, 3.05) is 36.0 Å². The van der Waals surface area contributed by atoms with Gasteiger partial charge in [-0.05, 0) is 62.7 Å². The van der Waals surface area contributed by atoms with Gasteiger partial charge in [0.1, 0.15) is 17.3 Å². The molecule has 0 saturated carbocycles. The van der Waals surface area contributed by atoms with Crippen LogP contribution in [0.5, 0.6) is 0 Å². The smallest absolute Gasteiger partial charge is 0.310 e. The highest BCUT2D eigenvalue weighted by Crippen LogP contribution is 2.44. The van der Waals surface area contributed by atoms with E-state index >= 15 is 0 Å². The van der Waals surface area contributed by atoms with E-state index in [0.717, 1.165) is 17.2 Å². The number of carbonyl (C=O) groups excluding carboxylic acids is 1. The van der Waals surface area contributed by atoms with E-state index in [-0.39, 0.29) is 16.3 Å². The Bertz CT molecular complexity index is 1480. The fourth-order valence-corrected chi connectivity index (χ4v) is 5.69. The molecule has 1 fully saturated rings. The van der Waals surface area contributed by atoms with Gasteiger partial charge in [-0.3, -0.25) is 9.59 Å². The van der Waals surface area contributed by atoms with Crippen LogP contribution < -0.4 is 9.80 Å². The van der Waals surface area contributed by atoms with Crippen LogP contribution in [0.3, 0.4) is 0 Å². The van der Waals surface area contributed by atoms with E-state index in [1.165, 1.54) is 6.07 Å². The van der Waals surface area contributed by atoms with Gasteiger partial charge in [0.05, 0.1) is 27.9 Å². The zero-order valence-corrected chi connectivity index (χ0v) is 24.0. The van der Waals surface area contributed by atoms with Crippen LogP contribution in [-0.2, 0) is 10.2 Å². The number of halogens is 2. The normalized spacial score (nSPS) is 18.4. The number of piperazine rings is 1. The van der Waals surface area contributed by atoms with E-state index < -0.39 is 23.2 Å². The molecule has 1 N–H and O–H groups in total. The number of hydrogen-bond donors (Lipinski definition) is 1. The molecular formula is C30H33ClFN5O3. The Kier molecular flexibility index (Phi) is 6.98. The predicted octanol–water partition coefficient (Wildman–Crippen LogP) is 5.63. The lowest BCUT2D eigenvalue weighted by Gasteiger charge is -2.47. The lowest BCUT2D eigenvalue weighted by Crippen LogP contribution is -2.61. The number of rotatable bonds is 5. The standard InChI is InChI=1S/C30H33ClFN5O3/c1-18(28(39)40)19-6-11-25(33-15-19)35-12-13-37(30(4,5)17-35)27(38)23-9-10-24-26(34-23)29(2,3)16-36(24)20-7-8-21(31)22(32)14-20/h6-11,14-15,18H,12-13,16-17H2,1-5H3,(H,39,40). The van der Waals surface area contributed by atoms with Crippen LogP contribution in [0.25, 0.3) is 0 Å². The number of hydrogen-bond acceptors (Lipinski definition) is 6. The molecule has 0 bridgehead atoms. The summed E-state index contributed by atoms with van der Waals surface area (Å²) in [4.78, 5) is 40.4. The van der Waals surface area contributed by atoms with E-state index in [9.17, 15) is 19.1 Å². The van der Waals surface area contributed by atoms with Gasteiger partial charge in [-0.1, -0.05) is 31.5 Å². The number of fused-ring (bicyclic) bond motifs is 1.